The minimum absolute atomic E-state index is 0.105. The highest BCUT2D eigenvalue weighted by Gasteiger charge is 2.24. The van der Waals surface area contributed by atoms with Crippen molar-refractivity contribution in [1.29, 1.82) is 0 Å². The smallest absolute Gasteiger partial charge is 0.112 e. The lowest BCUT2D eigenvalue weighted by atomic mass is 10.1. The molecular weight excluding hydrogens is 268 g/mol. The van der Waals surface area contributed by atoms with Gasteiger partial charge >= 0.3 is 0 Å². The Hall–Kier alpha value is -0.450. The van der Waals surface area contributed by atoms with Crippen LogP contribution in [0.3, 0.4) is 0 Å². The van der Waals surface area contributed by atoms with E-state index in [1.54, 1.807) is 0 Å². The molecule has 0 saturated carbocycles. The number of halogens is 1. The molecular formula is C12H17BrN2O. The fourth-order valence-corrected chi connectivity index (χ4v) is 2.28. The Morgan fingerprint density at radius 1 is 1.50 bits per heavy atom. The molecule has 1 aromatic rings. The van der Waals surface area contributed by atoms with Crippen LogP contribution in [0.5, 0.6) is 0 Å². The maximum absolute atomic E-state index is 5.77. The lowest BCUT2D eigenvalue weighted by Gasteiger charge is -2.35. The van der Waals surface area contributed by atoms with Gasteiger partial charge in [0.1, 0.15) is 10.7 Å². The van der Waals surface area contributed by atoms with Gasteiger partial charge in [-0.25, -0.2) is 4.98 Å². The summed E-state index contributed by atoms with van der Waals surface area (Å²) >= 11 is 3.39. The van der Waals surface area contributed by atoms with Crippen LogP contribution in [0.2, 0.25) is 0 Å². The van der Waals surface area contributed by atoms with E-state index in [2.05, 4.69) is 39.7 Å². The molecule has 88 valence electrons. The summed E-state index contributed by atoms with van der Waals surface area (Å²) in [4.78, 5) is 6.88. The normalized spacial score (nSPS) is 22.6. The van der Waals surface area contributed by atoms with Gasteiger partial charge in [0.15, 0.2) is 0 Å². The van der Waals surface area contributed by atoms with Crippen molar-refractivity contribution < 1.29 is 4.74 Å². The SMILES string of the molecule is CC(C)N1CCO[C@@H](c2cccc(Br)n2)C1. The highest BCUT2D eigenvalue weighted by molar-refractivity contribution is 9.10. The van der Waals surface area contributed by atoms with E-state index in [-0.39, 0.29) is 6.10 Å². The van der Waals surface area contributed by atoms with Crippen LogP contribution in [0, 0.1) is 0 Å². The van der Waals surface area contributed by atoms with Crippen molar-refractivity contribution in [2.45, 2.75) is 26.0 Å². The summed E-state index contributed by atoms with van der Waals surface area (Å²) in [7, 11) is 0. The molecule has 1 aromatic heterocycles. The maximum atomic E-state index is 5.77. The largest absolute Gasteiger partial charge is 0.369 e. The Kier molecular flexibility index (Phi) is 3.95. The zero-order valence-electron chi connectivity index (χ0n) is 9.69. The van der Waals surface area contributed by atoms with E-state index < -0.39 is 0 Å². The van der Waals surface area contributed by atoms with E-state index in [1.807, 2.05) is 18.2 Å². The second-order valence-corrected chi connectivity index (χ2v) is 5.15. The second kappa shape index (κ2) is 5.25. The van der Waals surface area contributed by atoms with Crippen molar-refractivity contribution in [2.24, 2.45) is 0 Å². The molecule has 2 heterocycles. The summed E-state index contributed by atoms with van der Waals surface area (Å²) in [5, 5.41) is 0. The van der Waals surface area contributed by atoms with Crippen LogP contribution in [0.15, 0.2) is 22.8 Å². The molecule has 0 aromatic carbocycles. The van der Waals surface area contributed by atoms with Gasteiger partial charge in [0.2, 0.25) is 0 Å². The Morgan fingerprint density at radius 3 is 3.00 bits per heavy atom. The van der Waals surface area contributed by atoms with E-state index in [0.29, 0.717) is 6.04 Å². The molecule has 0 aliphatic carbocycles. The van der Waals surface area contributed by atoms with Crippen molar-refractivity contribution in [3.63, 3.8) is 0 Å². The molecule has 0 N–H and O–H groups in total. The molecule has 1 aliphatic heterocycles. The van der Waals surface area contributed by atoms with Gasteiger partial charge in [-0.1, -0.05) is 6.07 Å². The highest BCUT2D eigenvalue weighted by atomic mass is 79.9. The van der Waals surface area contributed by atoms with Gasteiger partial charge in [0.05, 0.1) is 12.3 Å². The lowest BCUT2D eigenvalue weighted by molar-refractivity contribution is -0.0422. The monoisotopic (exact) mass is 284 g/mol. The number of pyridine rings is 1. The van der Waals surface area contributed by atoms with Crippen molar-refractivity contribution in [2.75, 3.05) is 19.7 Å². The summed E-state index contributed by atoms with van der Waals surface area (Å²) in [6, 6.07) is 6.54. The average Bonchev–Trinajstić information content (AvgIpc) is 2.29. The van der Waals surface area contributed by atoms with Gasteiger partial charge in [0, 0.05) is 19.1 Å². The molecule has 4 heteroatoms. The third kappa shape index (κ3) is 2.81. The van der Waals surface area contributed by atoms with Gasteiger partial charge in [-0.05, 0) is 41.9 Å². The predicted octanol–water partition coefficient (Wildman–Crippen LogP) is 2.63. The molecule has 0 amide bonds. The van der Waals surface area contributed by atoms with Crippen molar-refractivity contribution in [1.82, 2.24) is 9.88 Å². The third-order valence-electron chi connectivity index (χ3n) is 2.89. The van der Waals surface area contributed by atoms with E-state index >= 15 is 0 Å². The molecule has 0 bridgehead atoms. The Balaban J connectivity index is 2.09. The van der Waals surface area contributed by atoms with Gasteiger partial charge in [0.25, 0.3) is 0 Å². The number of rotatable bonds is 2. The zero-order chi connectivity index (χ0) is 11.5. The third-order valence-corrected chi connectivity index (χ3v) is 3.34. The maximum Gasteiger partial charge on any atom is 0.112 e. The van der Waals surface area contributed by atoms with Crippen LogP contribution in [0.4, 0.5) is 0 Å². The minimum atomic E-state index is 0.105. The first kappa shape index (κ1) is 12.0. The number of hydrogen-bond acceptors (Lipinski definition) is 3. The van der Waals surface area contributed by atoms with Crippen LogP contribution < -0.4 is 0 Å². The van der Waals surface area contributed by atoms with E-state index in [4.69, 9.17) is 4.74 Å². The summed E-state index contributed by atoms with van der Waals surface area (Å²) < 4.78 is 6.65. The van der Waals surface area contributed by atoms with Crippen LogP contribution in [0.1, 0.15) is 25.6 Å². The Labute approximate surface area is 105 Å². The molecule has 1 aliphatic rings. The van der Waals surface area contributed by atoms with Crippen LogP contribution in [0.25, 0.3) is 0 Å². The van der Waals surface area contributed by atoms with E-state index in [9.17, 15) is 0 Å². The number of ether oxygens (including phenoxy) is 1. The summed E-state index contributed by atoms with van der Waals surface area (Å²) in [6.45, 7) is 7.17. The predicted molar refractivity (Wildman–Crippen MR) is 67.3 cm³/mol. The van der Waals surface area contributed by atoms with E-state index in [0.717, 1.165) is 30.0 Å². The minimum Gasteiger partial charge on any atom is -0.369 e. The summed E-state index contributed by atoms with van der Waals surface area (Å²) in [5.74, 6) is 0. The van der Waals surface area contributed by atoms with E-state index in [1.165, 1.54) is 0 Å². The number of aromatic nitrogens is 1. The van der Waals surface area contributed by atoms with Gasteiger partial charge in [-0.3, -0.25) is 4.90 Å². The van der Waals surface area contributed by atoms with Crippen LogP contribution in [-0.4, -0.2) is 35.6 Å². The molecule has 2 rings (SSSR count). The standard InChI is InChI=1S/C12H17BrN2O/c1-9(2)15-6-7-16-11(8-15)10-4-3-5-12(13)14-10/h3-5,9,11H,6-8H2,1-2H3/t11-/m1/s1. The van der Waals surface area contributed by atoms with Crippen LogP contribution >= 0.6 is 15.9 Å². The number of hydrogen-bond donors (Lipinski definition) is 0. The summed E-state index contributed by atoms with van der Waals surface area (Å²) in [5.41, 5.74) is 1.01. The molecule has 0 spiro atoms. The molecule has 16 heavy (non-hydrogen) atoms. The molecule has 0 unspecified atom stereocenters. The van der Waals surface area contributed by atoms with Gasteiger partial charge < -0.3 is 4.74 Å². The Bertz CT molecular complexity index is 357. The van der Waals surface area contributed by atoms with Gasteiger partial charge in [-0.15, -0.1) is 0 Å². The zero-order valence-corrected chi connectivity index (χ0v) is 11.3. The first-order chi connectivity index (χ1) is 7.66. The molecule has 1 atom stereocenters. The first-order valence-electron chi connectivity index (χ1n) is 5.65. The average molecular weight is 285 g/mol. The lowest BCUT2D eigenvalue weighted by Crippen LogP contribution is -2.42. The molecule has 1 fully saturated rings. The van der Waals surface area contributed by atoms with Gasteiger partial charge in [-0.2, -0.15) is 0 Å². The Morgan fingerprint density at radius 2 is 2.31 bits per heavy atom. The van der Waals surface area contributed by atoms with Crippen molar-refractivity contribution >= 4 is 15.9 Å². The highest BCUT2D eigenvalue weighted by Crippen LogP contribution is 2.22. The van der Waals surface area contributed by atoms with Crippen molar-refractivity contribution in [3.05, 3.63) is 28.5 Å². The van der Waals surface area contributed by atoms with Crippen LogP contribution in [-0.2, 0) is 4.74 Å². The molecule has 0 radical (unpaired) electrons. The fourth-order valence-electron chi connectivity index (χ4n) is 1.92. The first-order valence-corrected chi connectivity index (χ1v) is 6.44. The van der Waals surface area contributed by atoms with Crippen molar-refractivity contribution in [3.8, 4) is 0 Å². The number of morpholine rings is 1. The fraction of sp³-hybridized carbons (Fsp3) is 0.583. The number of nitrogens with zero attached hydrogens (tertiary/aromatic N) is 2. The molecule has 1 saturated heterocycles. The topological polar surface area (TPSA) is 25.4 Å². The quantitative estimate of drug-likeness (QED) is 0.781. The second-order valence-electron chi connectivity index (χ2n) is 4.33. The summed E-state index contributed by atoms with van der Waals surface area (Å²) in [6.07, 6.45) is 0.105. The molecule has 3 nitrogen and oxygen atoms in total.